The standard InChI is InChI=1S/C28H36N2O3/c1-2-3-4-5-6-7-8-9-13-16-27(31)30-29-23-25-17-20-26(21-18-25)33-28(32)22-19-24-14-11-10-12-15-24/h10-12,14-15,17-23H,2-9,13,16H2,1H3,(H,30,31)/b22-19+,29-23-. The van der Waals surface area contributed by atoms with E-state index in [0.29, 0.717) is 12.2 Å². The summed E-state index contributed by atoms with van der Waals surface area (Å²) in [7, 11) is 0. The second kappa shape index (κ2) is 16.4. The van der Waals surface area contributed by atoms with Gasteiger partial charge in [-0.1, -0.05) is 88.6 Å². The van der Waals surface area contributed by atoms with Gasteiger partial charge in [-0.2, -0.15) is 5.10 Å². The van der Waals surface area contributed by atoms with Gasteiger partial charge in [0.05, 0.1) is 6.21 Å². The zero-order valence-corrected chi connectivity index (χ0v) is 19.7. The fourth-order valence-corrected chi connectivity index (χ4v) is 3.33. The number of carbonyl (C=O) groups is 2. The highest BCUT2D eigenvalue weighted by atomic mass is 16.5. The molecule has 0 aliphatic rings. The summed E-state index contributed by atoms with van der Waals surface area (Å²) >= 11 is 0. The molecule has 5 heteroatoms. The Morgan fingerprint density at radius 1 is 0.818 bits per heavy atom. The number of hydrogen-bond acceptors (Lipinski definition) is 4. The number of benzene rings is 2. The molecule has 1 N–H and O–H groups in total. The van der Waals surface area contributed by atoms with Crippen molar-refractivity contribution >= 4 is 24.2 Å². The molecule has 0 fully saturated rings. The quantitative estimate of drug-likeness (QED) is 0.0825. The van der Waals surface area contributed by atoms with Gasteiger partial charge in [-0.3, -0.25) is 4.79 Å². The molecule has 0 heterocycles. The topological polar surface area (TPSA) is 67.8 Å². The fraction of sp³-hybridized carbons (Fsp3) is 0.393. The van der Waals surface area contributed by atoms with Crippen molar-refractivity contribution in [2.45, 2.75) is 71.1 Å². The number of rotatable bonds is 15. The van der Waals surface area contributed by atoms with Crippen LogP contribution in [0, 0.1) is 0 Å². The van der Waals surface area contributed by atoms with Crippen molar-refractivity contribution in [3.05, 3.63) is 71.8 Å². The largest absolute Gasteiger partial charge is 0.423 e. The first-order valence-corrected chi connectivity index (χ1v) is 12.0. The Morgan fingerprint density at radius 3 is 2.12 bits per heavy atom. The van der Waals surface area contributed by atoms with Gasteiger partial charge in [-0.15, -0.1) is 0 Å². The summed E-state index contributed by atoms with van der Waals surface area (Å²) < 4.78 is 5.29. The van der Waals surface area contributed by atoms with E-state index in [4.69, 9.17) is 4.74 Å². The van der Waals surface area contributed by atoms with Gasteiger partial charge < -0.3 is 4.74 Å². The average molecular weight is 449 g/mol. The SMILES string of the molecule is CCCCCCCCCCCC(=O)N/N=C\c1ccc(OC(=O)/C=C/c2ccccc2)cc1. The van der Waals surface area contributed by atoms with E-state index in [-0.39, 0.29) is 5.91 Å². The molecule has 0 spiro atoms. The maximum atomic E-state index is 11.9. The Labute approximate surface area is 197 Å². The highest BCUT2D eigenvalue weighted by Crippen LogP contribution is 2.12. The predicted octanol–water partition coefficient (Wildman–Crippen LogP) is 6.68. The van der Waals surface area contributed by atoms with E-state index in [1.165, 1.54) is 51.0 Å². The molecule has 2 aromatic rings. The maximum absolute atomic E-state index is 11.9. The molecule has 0 aliphatic heterocycles. The monoisotopic (exact) mass is 448 g/mol. The van der Waals surface area contributed by atoms with E-state index in [9.17, 15) is 9.59 Å². The molecule has 0 unspecified atom stereocenters. The lowest BCUT2D eigenvalue weighted by molar-refractivity contribution is -0.129. The Morgan fingerprint density at radius 2 is 1.45 bits per heavy atom. The highest BCUT2D eigenvalue weighted by molar-refractivity contribution is 5.89. The first-order chi connectivity index (χ1) is 16.2. The van der Waals surface area contributed by atoms with Crippen molar-refractivity contribution in [1.82, 2.24) is 5.43 Å². The van der Waals surface area contributed by atoms with Gasteiger partial charge >= 0.3 is 5.97 Å². The lowest BCUT2D eigenvalue weighted by Gasteiger charge is -2.03. The summed E-state index contributed by atoms with van der Waals surface area (Å²) in [5.41, 5.74) is 4.31. The van der Waals surface area contributed by atoms with Gasteiger partial charge in [0.15, 0.2) is 0 Å². The summed E-state index contributed by atoms with van der Waals surface area (Å²) in [6, 6.07) is 16.5. The van der Waals surface area contributed by atoms with E-state index in [1.54, 1.807) is 36.6 Å². The summed E-state index contributed by atoms with van der Waals surface area (Å²) in [6.45, 7) is 2.23. The lowest BCUT2D eigenvalue weighted by atomic mass is 10.1. The summed E-state index contributed by atoms with van der Waals surface area (Å²) in [4.78, 5) is 23.8. The zero-order chi connectivity index (χ0) is 23.6. The Hall–Kier alpha value is -3.21. The van der Waals surface area contributed by atoms with E-state index >= 15 is 0 Å². The number of nitrogens with zero attached hydrogens (tertiary/aromatic N) is 1. The van der Waals surface area contributed by atoms with Crippen LogP contribution in [0.3, 0.4) is 0 Å². The molecule has 0 aliphatic carbocycles. The summed E-state index contributed by atoms with van der Waals surface area (Å²) in [6.07, 6.45) is 16.2. The van der Waals surface area contributed by atoms with E-state index in [1.807, 2.05) is 30.3 Å². The Bertz CT molecular complexity index is 874. The van der Waals surface area contributed by atoms with Crippen LogP contribution < -0.4 is 10.2 Å². The van der Waals surface area contributed by atoms with E-state index < -0.39 is 5.97 Å². The maximum Gasteiger partial charge on any atom is 0.336 e. The minimum Gasteiger partial charge on any atom is -0.423 e. The number of unbranched alkanes of at least 4 members (excludes halogenated alkanes) is 8. The van der Waals surface area contributed by atoms with Crippen LogP contribution in [-0.4, -0.2) is 18.1 Å². The zero-order valence-electron chi connectivity index (χ0n) is 19.7. The molecule has 0 radical (unpaired) electrons. The van der Waals surface area contributed by atoms with Crippen LogP contribution in [-0.2, 0) is 9.59 Å². The number of hydrazone groups is 1. The van der Waals surface area contributed by atoms with Gasteiger partial charge in [0.2, 0.25) is 5.91 Å². The van der Waals surface area contributed by atoms with Crippen LogP contribution in [0.15, 0.2) is 65.8 Å². The molecule has 0 atom stereocenters. The number of hydrogen-bond donors (Lipinski definition) is 1. The van der Waals surface area contributed by atoms with Crippen molar-refractivity contribution in [3.63, 3.8) is 0 Å². The van der Waals surface area contributed by atoms with Crippen molar-refractivity contribution < 1.29 is 14.3 Å². The molecule has 5 nitrogen and oxygen atoms in total. The lowest BCUT2D eigenvalue weighted by Crippen LogP contribution is -2.16. The highest BCUT2D eigenvalue weighted by Gasteiger charge is 2.02. The van der Waals surface area contributed by atoms with Crippen LogP contribution in [0.1, 0.15) is 82.3 Å². The third-order valence-electron chi connectivity index (χ3n) is 5.22. The molecular weight excluding hydrogens is 412 g/mol. The summed E-state index contributed by atoms with van der Waals surface area (Å²) in [5.74, 6) is -0.0572. The number of amides is 1. The minimum atomic E-state index is -0.441. The number of ether oxygens (including phenoxy) is 1. The molecule has 0 saturated carbocycles. The molecule has 176 valence electrons. The molecule has 1 amide bonds. The smallest absolute Gasteiger partial charge is 0.336 e. The van der Waals surface area contributed by atoms with Gasteiger partial charge in [0.25, 0.3) is 0 Å². The van der Waals surface area contributed by atoms with Gasteiger partial charge in [-0.25, -0.2) is 10.2 Å². The van der Waals surface area contributed by atoms with Crippen molar-refractivity contribution in [2.24, 2.45) is 5.10 Å². The second-order valence-corrected chi connectivity index (χ2v) is 8.11. The first kappa shape index (κ1) is 26.0. The molecule has 0 saturated heterocycles. The van der Waals surface area contributed by atoms with Crippen LogP contribution in [0.5, 0.6) is 5.75 Å². The number of esters is 1. The molecule has 33 heavy (non-hydrogen) atoms. The third kappa shape index (κ3) is 12.4. The van der Waals surface area contributed by atoms with Crippen LogP contribution in [0.2, 0.25) is 0 Å². The van der Waals surface area contributed by atoms with E-state index in [0.717, 1.165) is 24.0 Å². The molecule has 0 aromatic heterocycles. The first-order valence-electron chi connectivity index (χ1n) is 12.0. The fourth-order valence-electron chi connectivity index (χ4n) is 3.33. The Kier molecular flexibility index (Phi) is 13.0. The second-order valence-electron chi connectivity index (χ2n) is 8.11. The number of nitrogens with one attached hydrogen (secondary N) is 1. The third-order valence-corrected chi connectivity index (χ3v) is 5.22. The normalized spacial score (nSPS) is 11.2. The predicted molar refractivity (Wildman–Crippen MR) is 135 cm³/mol. The molecular formula is C28H36N2O3. The van der Waals surface area contributed by atoms with Crippen LogP contribution in [0.25, 0.3) is 6.08 Å². The average Bonchev–Trinajstić information content (AvgIpc) is 2.83. The van der Waals surface area contributed by atoms with Gasteiger partial charge in [-0.05, 0) is 47.9 Å². The van der Waals surface area contributed by atoms with Crippen molar-refractivity contribution in [3.8, 4) is 5.75 Å². The molecule has 2 aromatic carbocycles. The minimum absolute atomic E-state index is 0.0649. The molecule has 0 bridgehead atoms. The summed E-state index contributed by atoms with van der Waals surface area (Å²) in [5, 5.41) is 4.01. The van der Waals surface area contributed by atoms with Crippen LogP contribution >= 0.6 is 0 Å². The Balaban J connectivity index is 1.60. The number of carbonyl (C=O) groups excluding carboxylic acids is 2. The van der Waals surface area contributed by atoms with Crippen molar-refractivity contribution in [2.75, 3.05) is 0 Å². The molecule has 2 rings (SSSR count). The van der Waals surface area contributed by atoms with Crippen LogP contribution in [0.4, 0.5) is 0 Å². The van der Waals surface area contributed by atoms with Gasteiger partial charge in [0, 0.05) is 12.5 Å². The van der Waals surface area contributed by atoms with Gasteiger partial charge in [0.1, 0.15) is 5.75 Å². The van der Waals surface area contributed by atoms with E-state index in [2.05, 4.69) is 17.5 Å². The van der Waals surface area contributed by atoms with Crippen molar-refractivity contribution in [1.29, 1.82) is 0 Å².